The van der Waals surface area contributed by atoms with E-state index in [1.807, 2.05) is 44.2 Å². The lowest BCUT2D eigenvalue weighted by Crippen LogP contribution is -2.41. The van der Waals surface area contributed by atoms with E-state index >= 15 is 0 Å². The lowest BCUT2D eigenvalue weighted by Gasteiger charge is -2.24. The molecule has 0 aliphatic heterocycles. The van der Waals surface area contributed by atoms with E-state index in [0.717, 1.165) is 21.0 Å². The molecule has 0 spiro atoms. The second kappa shape index (κ2) is 11.3. The number of carbonyl (C=O) groups excluding carboxylic acids is 1. The van der Waals surface area contributed by atoms with Crippen LogP contribution in [0.4, 0.5) is 5.69 Å². The summed E-state index contributed by atoms with van der Waals surface area (Å²) in [7, 11) is -3.98. The number of hydrogen-bond acceptors (Lipinski definition) is 4. The summed E-state index contributed by atoms with van der Waals surface area (Å²) < 4.78 is 33.4. The highest BCUT2D eigenvalue weighted by Crippen LogP contribution is 2.28. The molecule has 0 saturated carbocycles. The molecule has 0 heterocycles. The van der Waals surface area contributed by atoms with Crippen molar-refractivity contribution in [2.75, 3.05) is 24.0 Å². The van der Waals surface area contributed by atoms with Gasteiger partial charge in [-0.15, -0.1) is 0 Å². The largest absolute Gasteiger partial charge is 0.375 e. The number of nitrogens with one attached hydrogen (secondary N) is 1. The summed E-state index contributed by atoms with van der Waals surface area (Å²) >= 11 is 6.24. The molecule has 3 aromatic rings. The molecule has 6 nitrogen and oxygen atoms in total. The van der Waals surface area contributed by atoms with Gasteiger partial charge in [0, 0.05) is 11.6 Å². The Labute approximate surface area is 200 Å². The van der Waals surface area contributed by atoms with Crippen LogP contribution < -0.4 is 9.62 Å². The van der Waals surface area contributed by atoms with Crippen molar-refractivity contribution in [3.8, 4) is 0 Å². The van der Waals surface area contributed by atoms with E-state index in [1.165, 1.54) is 12.1 Å². The van der Waals surface area contributed by atoms with Crippen LogP contribution in [0.3, 0.4) is 0 Å². The van der Waals surface area contributed by atoms with Gasteiger partial charge in [-0.1, -0.05) is 65.7 Å². The Morgan fingerprint density at radius 2 is 1.70 bits per heavy atom. The van der Waals surface area contributed by atoms with Crippen molar-refractivity contribution < 1.29 is 17.9 Å². The number of ether oxygens (including phenoxy) is 1. The molecule has 0 aliphatic carbocycles. The van der Waals surface area contributed by atoms with Crippen LogP contribution in [0.5, 0.6) is 0 Å². The van der Waals surface area contributed by atoms with Gasteiger partial charge >= 0.3 is 0 Å². The fourth-order valence-corrected chi connectivity index (χ4v) is 4.69. The zero-order valence-corrected chi connectivity index (χ0v) is 20.2. The van der Waals surface area contributed by atoms with Crippen LogP contribution in [-0.4, -0.2) is 34.0 Å². The third kappa shape index (κ3) is 6.81. The molecule has 8 heteroatoms. The predicted molar refractivity (Wildman–Crippen MR) is 131 cm³/mol. The number of carbonyl (C=O) groups is 1. The second-order valence-electron chi connectivity index (χ2n) is 7.65. The number of sulfonamides is 1. The van der Waals surface area contributed by atoms with Crippen molar-refractivity contribution in [2.24, 2.45) is 0 Å². The molecule has 0 unspecified atom stereocenters. The van der Waals surface area contributed by atoms with Gasteiger partial charge in [0.2, 0.25) is 5.91 Å². The Hall–Kier alpha value is -2.87. The average Bonchev–Trinajstić information content (AvgIpc) is 2.80. The standard InChI is InChI=1S/C25H27ClN2O4S/c1-19-8-12-23(13-9-19)33(30,31)28(22-11-10-20(2)24(26)16-22)17-25(29)27-14-15-32-18-21-6-4-3-5-7-21/h3-13,16H,14-15,17-18H2,1-2H3,(H,27,29). The SMILES string of the molecule is Cc1ccc(S(=O)(=O)N(CC(=O)NCCOCc2ccccc2)c2ccc(C)c(Cl)c2)cc1. The Bertz CT molecular complexity index is 1180. The molecule has 0 bridgehead atoms. The third-order valence-electron chi connectivity index (χ3n) is 5.02. The van der Waals surface area contributed by atoms with Gasteiger partial charge in [-0.25, -0.2) is 8.42 Å². The molecule has 0 saturated heterocycles. The fourth-order valence-electron chi connectivity index (χ4n) is 3.10. The molecule has 1 amide bonds. The molecule has 0 aromatic heterocycles. The maximum absolute atomic E-state index is 13.4. The van der Waals surface area contributed by atoms with E-state index < -0.39 is 15.9 Å². The van der Waals surface area contributed by atoms with Crippen molar-refractivity contribution in [1.29, 1.82) is 0 Å². The van der Waals surface area contributed by atoms with Gasteiger partial charge in [0.15, 0.2) is 0 Å². The van der Waals surface area contributed by atoms with E-state index in [0.29, 0.717) is 23.9 Å². The normalized spacial score (nSPS) is 11.2. The summed E-state index contributed by atoms with van der Waals surface area (Å²) in [5, 5.41) is 3.15. The number of benzene rings is 3. The summed E-state index contributed by atoms with van der Waals surface area (Å²) in [6, 6.07) is 21.1. The zero-order valence-electron chi connectivity index (χ0n) is 18.6. The smallest absolute Gasteiger partial charge is 0.264 e. The van der Waals surface area contributed by atoms with E-state index in [1.54, 1.807) is 30.3 Å². The molecule has 3 rings (SSSR count). The van der Waals surface area contributed by atoms with Crippen LogP contribution >= 0.6 is 11.6 Å². The molecular formula is C25H27ClN2O4S. The Morgan fingerprint density at radius 1 is 1.00 bits per heavy atom. The summed E-state index contributed by atoms with van der Waals surface area (Å²) in [4.78, 5) is 12.7. The Morgan fingerprint density at radius 3 is 2.36 bits per heavy atom. The maximum atomic E-state index is 13.4. The van der Waals surface area contributed by atoms with E-state index in [9.17, 15) is 13.2 Å². The number of nitrogens with zero attached hydrogens (tertiary/aromatic N) is 1. The number of amides is 1. The Balaban J connectivity index is 1.69. The highest BCUT2D eigenvalue weighted by atomic mass is 35.5. The molecule has 0 radical (unpaired) electrons. The van der Waals surface area contributed by atoms with Crippen molar-refractivity contribution in [1.82, 2.24) is 5.32 Å². The van der Waals surface area contributed by atoms with E-state index in [2.05, 4.69) is 5.32 Å². The van der Waals surface area contributed by atoms with Crippen LogP contribution in [0.25, 0.3) is 0 Å². The van der Waals surface area contributed by atoms with E-state index in [4.69, 9.17) is 16.3 Å². The average molecular weight is 487 g/mol. The first-order valence-electron chi connectivity index (χ1n) is 10.5. The molecule has 0 atom stereocenters. The van der Waals surface area contributed by atoms with Crippen LogP contribution in [0.2, 0.25) is 5.02 Å². The topological polar surface area (TPSA) is 75.7 Å². The highest BCUT2D eigenvalue weighted by Gasteiger charge is 2.27. The first-order chi connectivity index (χ1) is 15.8. The van der Waals surface area contributed by atoms with Gasteiger partial charge in [0.1, 0.15) is 6.54 Å². The van der Waals surface area contributed by atoms with Crippen molar-refractivity contribution in [3.63, 3.8) is 0 Å². The van der Waals surface area contributed by atoms with Gasteiger partial charge < -0.3 is 10.1 Å². The quantitative estimate of drug-likeness (QED) is 0.428. The first-order valence-corrected chi connectivity index (χ1v) is 12.3. The Kier molecular flexibility index (Phi) is 8.49. The van der Waals surface area contributed by atoms with Crippen molar-refractivity contribution >= 4 is 33.2 Å². The maximum Gasteiger partial charge on any atom is 0.264 e. The van der Waals surface area contributed by atoms with Crippen LogP contribution in [0.1, 0.15) is 16.7 Å². The molecule has 3 aromatic carbocycles. The van der Waals surface area contributed by atoms with Crippen LogP contribution in [0, 0.1) is 13.8 Å². The lowest BCUT2D eigenvalue weighted by atomic mass is 10.2. The number of anilines is 1. The van der Waals surface area contributed by atoms with Gasteiger partial charge in [-0.3, -0.25) is 9.10 Å². The first kappa shape index (κ1) is 24.8. The zero-order chi connectivity index (χ0) is 23.8. The number of halogens is 1. The minimum atomic E-state index is -3.98. The molecule has 33 heavy (non-hydrogen) atoms. The monoisotopic (exact) mass is 486 g/mol. The van der Waals surface area contributed by atoms with Gasteiger partial charge in [-0.05, 0) is 49.2 Å². The lowest BCUT2D eigenvalue weighted by molar-refractivity contribution is -0.119. The van der Waals surface area contributed by atoms with Crippen LogP contribution in [0.15, 0.2) is 77.7 Å². The van der Waals surface area contributed by atoms with Crippen molar-refractivity contribution in [2.45, 2.75) is 25.3 Å². The number of aryl methyl sites for hydroxylation is 2. The van der Waals surface area contributed by atoms with Crippen molar-refractivity contribution in [3.05, 3.63) is 94.5 Å². The predicted octanol–water partition coefficient (Wildman–Crippen LogP) is 4.49. The fraction of sp³-hybridized carbons (Fsp3) is 0.240. The summed E-state index contributed by atoms with van der Waals surface area (Å²) in [6.07, 6.45) is 0. The van der Waals surface area contributed by atoms with Gasteiger partial charge in [0.25, 0.3) is 10.0 Å². The second-order valence-corrected chi connectivity index (χ2v) is 9.92. The molecule has 0 fully saturated rings. The highest BCUT2D eigenvalue weighted by molar-refractivity contribution is 7.92. The summed E-state index contributed by atoms with van der Waals surface area (Å²) in [6.45, 7) is 4.33. The van der Waals surface area contributed by atoms with Gasteiger partial charge in [0.05, 0.1) is 23.8 Å². The minimum absolute atomic E-state index is 0.101. The van der Waals surface area contributed by atoms with E-state index in [-0.39, 0.29) is 18.0 Å². The summed E-state index contributed by atoms with van der Waals surface area (Å²) in [5.74, 6) is -0.439. The molecule has 174 valence electrons. The number of rotatable bonds is 10. The number of hydrogen-bond donors (Lipinski definition) is 1. The van der Waals surface area contributed by atoms with Gasteiger partial charge in [-0.2, -0.15) is 0 Å². The molecule has 0 aliphatic rings. The summed E-state index contributed by atoms with van der Waals surface area (Å²) in [5.41, 5.74) is 3.11. The molecular weight excluding hydrogens is 460 g/mol. The minimum Gasteiger partial charge on any atom is -0.375 e. The van der Waals surface area contributed by atoms with Crippen LogP contribution in [-0.2, 0) is 26.2 Å². The third-order valence-corrected chi connectivity index (χ3v) is 7.21. The molecule has 1 N–H and O–H groups in total.